The van der Waals surface area contributed by atoms with E-state index in [1.807, 2.05) is 24.3 Å². The summed E-state index contributed by atoms with van der Waals surface area (Å²) in [6.07, 6.45) is 1.28. The molecule has 0 bridgehead atoms. The zero-order valence-electron chi connectivity index (χ0n) is 13.8. The van der Waals surface area contributed by atoms with E-state index in [0.717, 1.165) is 10.0 Å². The van der Waals surface area contributed by atoms with Crippen LogP contribution in [0.1, 0.15) is 5.76 Å². The zero-order valence-corrected chi connectivity index (χ0v) is 15.4. The van der Waals surface area contributed by atoms with Gasteiger partial charge in [-0.2, -0.15) is 5.10 Å². The number of anilines is 1. The van der Waals surface area contributed by atoms with E-state index < -0.39 is 17.6 Å². The molecular weight excluding hydrogens is 417 g/mol. The lowest BCUT2D eigenvalue weighted by Crippen LogP contribution is -2.32. The van der Waals surface area contributed by atoms with Crippen LogP contribution in [0.15, 0.2) is 74.7 Å². The number of nitrogens with zero attached hydrogens (tertiary/aromatic N) is 1. The molecule has 6 nitrogen and oxygen atoms in total. The minimum atomic E-state index is -0.963. The lowest BCUT2D eigenvalue weighted by atomic mass is 10.2. The molecule has 3 aromatic rings. The van der Waals surface area contributed by atoms with Gasteiger partial charge in [0.25, 0.3) is 0 Å². The third-order valence-corrected chi connectivity index (χ3v) is 3.95. The average Bonchev–Trinajstić information content (AvgIpc) is 3.13. The van der Waals surface area contributed by atoms with Gasteiger partial charge in [-0.1, -0.05) is 28.1 Å². The van der Waals surface area contributed by atoms with Crippen LogP contribution < -0.4 is 10.7 Å². The Morgan fingerprint density at radius 1 is 0.963 bits per heavy atom. The minimum absolute atomic E-state index is 0.297. The number of carbonyl (C=O) groups is 2. The number of hydrogen-bond acceptors (Lipinski definition) is 4. The van der Waals surface area contributed by atoms with Gasteiger partial charge >= 0.3 is 11.8 Å². The van der Waals surface area contributed by atoms with Crippen molar-refractivity contribution in [3.63, 3.8) is 0 Å². The molecule has 2 amide bonds. The maximum atomic E-state index is 12.8. The largest absolute Gasteiger partial charge is 0.455 e. The summed E-state index contributed by atoms with van der Waals surface area (Å²) in [4.78, 5) is 23.5. The van der Waals surface area contributed by atoms with Crippen LogP contribution in [0.3, 0.4) is 0 Å². The van der Waals surface area contributed by atoms with E-state index in [0.29, 0.717) is 17.2 Å². The first-order valence-electron chi connectivity index (χ1n) is 7.77. The molecule has 0 unspecified atom stereocenters. The summed E-state index contributed by atoms with van der Waals surface area (Å²) in [6, 6.07) is 16.1. The Morgan fingerprint density at radius 2 is 1.67 bits per heavy atom. The Balaban J connectivity index is 1.55. The lowest BCUT2D eigenvalue weighted by molar-refractivity contribution is -0.136. The summed E-state index contributed by atoms with van der Waals surface area (Å²) < 4.78 is 19.4. The standard InChI is InChI=1S/C19H13BrFN3O3/c20-13-3-1-12(2-4-13)17-10-9-16(27-17)11-22-24-19(26)18(25)23-15-7-5-14(21)6-8-15/h1-11H,(H,23,25)(H,24,26). The molecule has 2 aromatic carbocycles. The molecule has 8 heteroatoms. The molecule has 2 N–H and O–H groups in total. The van der Waals surface area contributed by atoms with Gasteiger partial charge < -0.3 is 9.73 Å². The van der Waals surface area contributed by atoms with E-state index >= 15 is 0 Å². The summed E-state index contributed by atoms with van der Waals surface area (Å²) in [6.45, 7) is 0. The van der Waals surface area contributed by atoms with E-state index in [9.17, 15) is 14.0 Å². The number of nitrogens with one attached hydrogen (secondary N) is 2. The molecule has 0 saturated heterocycles. The van der Waals surface area contributed by atoms with Gasteiger partial charge in [-0.05, 0) is 48.5 Å². The molecular formula is C19H13BrFN3O3. The van der Waals surface area contributed by atoms with Gasteiger partial charge in [0.05, 0.1) is 6.21 Å². The van der Waals surface area contributed by atoms with Gasteiger partial charge in [0, 0.05) is 15.7 Å². The first-order chi connectivity index (χ1) is 13.0. The van der Waals surface area contributed by atoms with E-state index in [2.05, 4.69) is 31.8 Å². The highest BCUT2D eigenvalue weighted by Crippen LogP contribution is 2.23. The fraction of sp³-hybridized carbons (Fsp3) is 0. The molecule has 0 aliphatic carbocycles. The van der Waals surface area contributed by atoms with Crippen LogP contribution in [0.5, 0.6) is 0 Å². The Morgan fingerprint density at radius 3 is 2.37 bits per heavy atom. The molecule has 1 heterocycles. The third-order valence-electron chi connectivity index (χ3n) is 3.42. The van der Waals surface area contributed by atoms with Crippen molar-refractivity contribution < 1.29 is 18.4 Å². The van der Waals surface area contributed by atoms with Crippen LogP contribution in [0.4, 0.5) is 10.1 Å². The molecule has 136 valence electrons. The van der Waals surface area contributed by atoms with Gasteiger partial charge in [0.2, 0.25) is 0 Å². The predicted molar refractivity (Wildman–Crippen MR) is 103 cm³/mol. The summed E-state index contributed by atoms with van der Waals surface area (Å²) in [5, 5.41) is 6.02. The second-order valence-electron chi connectivity index (χ2n) is 5.37. The molecule has 3 rings (SSSR count). The highest BCUT2D eigenvalue weighted by Gasteiger charge is 2.13. The van der Waals surface area contributed by atoms with Crippen LogP contribution in [-0.2, 0) is 9.59 Å². The molecule has 1 aromatic heterocycles. The monoisotopic (exact) mass is 429 g/mol. The second-order valence-corrected chi connectivity index (χ2v) is 6.28. The lowest BCUT2D eigenvalue weighted by Gasteiger charge is -2.03. The van der Waals surface area contributed by atoms with Crippen molar-refractivity contribution in [3.05, 3.63) is 76.7 Å². The number of carbonyl (C=O) groups excluding carboxylic acids is 2. The average molecular weight is 430 g/mol. The van der Waals surface area contributed by atoms with Crippen molar-refractivity contribution >= 4 is 39.6 Å². The van der Waals surface area contributed by atoms with Crippen molar-refractivity contribution in [2.45, 2.75) is 0 Å². The van der Waals surface area contributed by atoms with Crippen LogP contribution in [-0.4, -0.2) is 18.0 Å². The minimum Gasteiger partial charge on any atom is -0.455 e. The first-order valence-corrected chi connectivity index (χ1v) is 8.56. The van der Waals surface area contributed by atoms with Crippen LogP contribution in [0.2, 0.25) is 0 Å². The molecule has 0 spiro atoms. The number of benzene rings is 2. The van der Waals surface area contributed by atoms with E-state index in [-0.39, 0.29) is 0 Å². The Kier molecular flexibility index (Phi) is 5.77. The van der Waals surface area contributed by atoms with Crippen molar-refractivity contribution in [1.82, 2.24) is 5.43 Å². The molecule has 0 aliphatic rings. The van der Waals surface area contributed by atoms with Gasteiger partial charge in [0.15, 0.2) is 0 Å². The fourth-order valence-corrected chi connectivity index (χ4v) is 2.38. The molecule has 27 heavy (non-hydrogen) atoms. The quantitative estimate of drug-likeness (QED) is 0.374. The second kappa shape index (κ2) is 8.41. The molecule has 0 saturated carbocycles. The smallest absolute Gasteiger partial charge is 0.329 e. The van der Waals surface area contributed by atoms with Crippen molar-refractivity contribution in [2.75, 3.05) is 5.32 Å². The van der Waals surface area contributed by atoms with Gasteiger partial charge in [0.1, 0.15) is 17.3 Å². The van der Waals surface area contributed by atoms with Gasteiger partial charge in [-0.3, -0.25) is 9.59 Å². The predicted octanol–water partition coefficient (Wildman–Crippen LogP) is 3.94. The van der Waals surface area contributed by atoms with E-state index in [4.69, 9.17) is 4.42 Å². The Hall–Kier alpha value is -3.26. The molecule has 0 aliphatic heterocycles. The highest BCUT2D eigenvalue weighted by molar-refractivity contribution is 9.10. The SMILES string of the molecule is O=C(NN=Cc1ccc(-c2ccc(Br)cc2)o1)C(=O)Nc1ccc(F)cc1. The van der Waals surface area contributed by atoms with Crippen LogP contribution in [0, 0.1) is 5.82 Å². The highest BCUT2D eigenvalue weighted by atomic mass is 79.9. The van der Waals surface area contributed by atoms with Crippen molar-refractivity contribution in [1.29, 1.82) is 0 Å². The van der Waals surface area contributed by atoms with Crippen molar-refractivity contribution in [3.8, 4) is 11.3 Å². The first kappa shape index (κ1) is 18.5. The van der Waals surface area contributed by atoms with E-state index in [1.165, 1.54) is 30.5 Å². The Bertz CT molecular complexity index is 982. The Labute approximate surface area is 162 Å². The van der Waals surface area contributed by atoms with Crippen molar-refractivity contribution in [2.24, 2.45) is 5.10 Å². The molecule has 0 atom stereocenters. The maximum absolute atomic E-state index is 12.8. The number of halogens is 2. The maximum Gasteiger partial charge on any atom is 0.329 e. The van der Waals surface area contributed by atoms with Gasteiger partial charge in [-0.15, -0.1) is 0 Å². The zero-order chi connectivity index (χ0) is 19.2. The summed E-state index contributed by atoms with van der Waals surface area (Å²) in [7, 11) is 0. The van der Waals surface area contributed by atoms with Crippen LogP contribution in [0.25, 0.3) is 11.3 Å². The number of furan rings is 1. The normalized spacial score (nSPS) is 10.7. The summed E-state index contributed by atoms with van der Waals surface area (Å²) >= 11 is 3.37. The number of rotatable bonds is 4. The van der Waals surface area contributed by atoms with Crippen LogP contribution >= 0.6 is 15.9 Å². The van der Waals surface area contributed by atoms with E-state index in [1.54, 1.807) is 12.1 Å². The fourth-order valence-electron chi connectivity index (χ4n) is 2.12. The summed E-state index contributed by atoms with van der Waals surface area (Å²) in [5.41, 5.74) is 3.28. The number of hydrazone groups is 1. The third kappa shape index (κ3) is 5.11. The topological polar surface area (TPSA) is 83.7 Å². The molecule has 0 radical (unpaired) electrons. The number of amides is 2. The summed E-state index contributed by atoms with van der Waals surface area (Å²) in [5.74, 6) is -1.27. The van der Waals surface area contributed by atoms with Gasteiger partial charge in [-0.25, -0.2) is 9.82 Å². The number of hydrogen-bond donors (Lipinski definition) is 2. The molecule has 0 fully saturated rings.